The summed E-state index contributed by atoms with van der Waals surface area (Å²) in [6.07, 6.45) is 7.02. The summed E-state index contributed by atoms with van der Waals surface area (Å²) in [5.41, 5.74) is 3.72. The highest BCUT2D eigenvalue weighted by atomic mass is 16.5. The molecule has 1 aliphatic carbocycles. The normalized spacial score (nSPS) is 15.7. The van der Waals surface area contributed by atoms with E-state index in [1.54, 1.807) is 7.11 Å². The first kappa shape index (κ1) is 12.0. The zero-order chi connectivity index (χ0) is 10.1. The fourth-order valence-corrected chi connectivity index (χ4v) is 1.10. The van der Waals surface area contributed by atoms with Crippen molar-refractivity contribution in [2.75, 3.05) is 7.11 Å². The van der Waals surface area contributed by atoms with E-state index in [0.29, 0.717) is 0 Å². The predicted octanol–water partition coefficient (Wildman–Crippen LogP) is 2.07. The quantitative estimate of drug-likeness (QED) is 0.510. The summed E-state index contributed by atoms with van der Waals surface area (Å²) >= 11 is 0. The van der Waals surface area contributed by atoms with Crippen LogP contribution in [0.3, 0.4) is 0 Å². The van der Waals surface area contributed by atoms with Gasteiger partial charge in [-0.2, -0.15) is 0 Å². The molecule has 0 fully saturated rings. The van der Waals surface area contributed by atoms with Gasteiger partial charge in [-0.1, -0.05) is 13.8 Å². The van der Waals surface area contributed by atoms with E-state index >= 15 is 0 Å². The second kappa shape index (κ2) is 7.68. The van der Waals surface area contributed by atoms with Crippen LogP contribution in [0.5, 0.6) is 0 Å². The standard InChI is InChI=1S/C8H14N2O.C2H6/c1-11-8-4-2-3-7(10-9)5-6-8;1-2/h5-6,10H,2-4,9H2,1H3;1-2H3. The number of hydrogen-bond acceptors (Lipinski definition) is 3. The second-order valence-corrected chi connectivity index (χ2v) is 2.53. The van der Waals surface area contributed by atoms with Crippen molar-refractivity contribution in [3.05, 3.63) is 23.6 Å². The molecule has 3 nitrogen and oxygen atoms in total. The van der Waals surface area contributed by atoms with Gasteiger partial charge in [-0.15, -0.1) is 0 Å². The van der Waals surface area contributed by atoms with Crippen molar-refractivity contribution in [2.45, 2.75) is 33.1 Å². The SMILES string of the molecule is CC.COC1=CC=C(NN)CCC1. The number of methoxy groups -OCH3 is 1. The molecule has 1 rings (SSSR count). The third kappa shape index (κ3) is 4.58. The molecule has 0 aromatic rings. The first-order valence-corrected chi connectivity index (χ1v) is 4.77. The summed E-state index contributed by atoms with van der Waals surface area (Å²) in [5.74, 6) is 6.29. The minimum atomic E-state index is 0.998. The van der Waals surface area contributed by atoms with Gasteiger partial charge in [0.15, 0.2) is 0 Å². The summed E-state index contributed by atoms with van der Waals surface area (Å²) in [7, 11) is 1.69. The predicted molar refractivity (Wildman–Crippen MR) is 55.7 cm³/mol. The van der Waals surface area contributed by atoms with Crippen molar-refractivity contribution >= 4 is 0 Å². The highest BCUT2D eigenvalue weighted by Gasteiger charge is 2.02. The molecule has 0 unspecified atom stereocenters. The molecule has 0 aromatic heterocycles. The number of ether oxygens (including phenoxy) is 1. The molecule has 3 N–H and O–H groups in total. The Hall–Kier alpha value is -0.960. The van der Waals surface area contributed by atoms with Crippen LogP contribution in [0.4, 0.5) is 0 Å². The minimum Gasteiger partial charge on any atom is -0.501 e. The monoisotopic (exact) mass is 184 g/mol. The van der Waals surface area contributed by atoms with Crippen molar-refractivity contribution in [1.29, 1.82) is 0 Å². The first-order valence-electron chi connectivity index (χ1n) is 4.77. The van der Waals surface area contributed by atoms with Crippen LogP contribution >= 0.6 is 0 Å². The van der Waals surface area contributed by atoms with Crippen LogP contribution < -0.4 is 11.3 Å². The number of hydrazine groups is 1. The van der Waals surface area contributed by atoms with Gasteiger partial charge in [0.2, 0.25) is 0 Å². The van der Waals surface area contributed by atoms with E-state index < -0.39 is 0 Å². The molecule has 1 aliphatic rings. The summed E-state index contributed by atoms with van der Waals surface area (Å²) < 4.78 is 5.11. The maximum atomic E-state index is 5.27. The molecule has 0 aliphatic heterocycles. The molecule has 0 spiro atoms. The Morgan fingerprint density at radius 3 is 2.54 bits per heavy atom. The summed E-state index contributed by atoms with van der Waals surface area (Å²) in [6.45, 7) is 4.00. The Morgan fingerprint density at radius 1 is 1.31 bits per heavy atom. The van der Waals surface area contributed by atoms with Crippen molar-refractivity contribution in [1.82, 2.24) is 5.43 Å². The molecule has 0 amide bonds. The Labute approximate surface area is 80.6 Å². The Balaban J connectivity index is 0.000000671. The largest absolute Gasteiger partial charge is 0.501 e. The molecule has 0 aromatic carbocycles. The lowest BCUT2D eigenvalue weighted by Gasteiger charge is -2.02. The van der Waals surface area contributed by atoms with Crippen LogP contribution in [0.15, 0.2) is 23.6 Å². The van der Waals surface area contributed by atoms with Crippen LogP contribution in [0.2, 0.25) is 0 Å². The summed E-state index contributed by atoms with van der Waals surface area (Å²) in [4.78, 5) is 0. The average Bonchev–Trinajstić information content (AvgIpc) is 2.45. The number of nitrogens with one attached hydrogen (secondary N) is 1. The second-order valence-electron chi connectivity index (χ2n) is 2.53. The van der Waals surface area contributed by atoms with E-state index in [9.17, 15) is 0 Å². The highest BCUT2D eigenvalue weighted by molar-refractivity contribution is 5.16. The third-order valence-electron chi connectivity index (χ3n) is 1.79. The summed E-state index contributed by atoms with van der Waals surface area (Å²) in [5, 5.41) is 0. The fourth-order valence-electron chi connectivity index (χ4n) is 1.10. The fraction of sp³-hybridized carbons (Fsp3) is 0.600. The van der Waals surface area contributed by atoms with Gasteiger partial charge in [0.25, 0.3) is 0 Å². The Bertz CT molecular complexity index is 165. The molecule has 0 atom stereocenters. The van der Waals surface area contributed by atoms with Crippen LogP contribution in [0.25, 0.3) is 0 Å². The molecule has 76 valence electrons. The molecular weight excluding hydrogens is 164 g/mol. The van der Waals surface area contributed by atoms with Gasteiger partial charge in [-0.3, -0.25) is 5.84 Å². The van der Waals surface area contributed by atoms with Gasteiger partial charge < -0.3 is 10.2 Å². The first-order chi connectivity index (χ1) is 6.36. The Kier molecular flexibility index (Phi) is 7.11. The number of allylic oxidation sites excluding steroid dienone is 4. The lowest BCUT2D eigenvalue weighted by Crippen LogP contribution is -2.20. The molecule has 0 saturated heterocycles. The van der Waals surface area contributed by atoms with Crippen LogP contribution in [-0.2, 0) is 4.74 Å². The van der Waals surface area contributed by atoms with Crippen molar-refractivity contribution in [2.24, 2.45) is 5.84 Å². The maximum absolute atomic E-state index is 5.27. The van der Waals surface area contributed by atoms with Gasteiger partial charge in [-0.05, 0) is 25.0 Å². The molecular formula is C10H20N2O. The van der Waals surface area contributed by atoms with Crippen molar-refractivity contribution in [3.8, 4) is 0 Å². The molecule has 0 bridgehead atoms. The van der Waals surface area contributed by atoms with Crippen LogP contribution in [-0.4, -0.2) is 7.11 Å². The van der Waals surface area contributed by atoms with E-state index in [4.69, 9.17) is 10.6 Å². The molecule has 13 heavy (non-hydrogen) atoms. The summed E-state index contributed by atoms with van der Waals surface area (Å²) in [6, 6.07) is 0. The van der Waals surface area contributed by atoms with Crippen molar-refractivity contribution < 1.29 is 4.74 Å². The topological polar surface area (TPSA) is 47.3 Å². The zero-order valence-corrected chi connectivity index (χ0v) is 8.76. The van der Waals surface area contributed by atoms with E-state index in [1.807, 2.05) is 26.0 Å². The van der Waals surface area contributed by atoms with Gasteiger partial charge >= 0.3 is 0 Å². The Morgan fingerprint density at radius 2 is 2.00 bits per heavy atom. The van der Waals surface area contributed by atoms with Gasteiger partial charge in [-0.25, -0.2) is 0 Å². The van der Waals surface area contributed by atoms with E-state index in [-0.39, 0.29) is 0 Å². The van der Waals surface area contributed by atoms with E-state index in [2.05, 4.69) is 5.43 Å². The maximum Gasteiger partial charge on any atom is 0.0956 e. The van der Waals surface area contributed by atoms with Gasteiger partial charge in [0.1, 0.15) is 0 Å². The molecule has 0 saturated carbocycles. The van der Waals surface area contributed by atoms with Gasteiger partial charge in [0.05, 0.1) is 12.9 Å². The minimum absolute atomic E-state index is 0.998. The van der Waals surface area contributed by atoms with Gasteiger partial charge in [0, 0.05) is 12.1 Å². The number of hydrogen-bond donors (Lipinski definition) is 2. The number of rotatable bonds is 2. The molecule has 0 radical (unpaired) electrons. The highest BCUT2D eigenvalue weighted by Crippen LogP contribution is 2.15. The van der Waals surface area contributed by atoms with Crippen LogP contribution in [0, 0.1) is 0 Å². The molecule has 3 heteroatoms. The zero-order valence-electron chi connectivity index (χ0n) is 8.76. The third-order valence-corrected chi connectivity index (χ3v) is 1.79. The average molecular weight is 184 g/mol. The van der Waals surface area contributed by atoms with Crippen LogP contribution in [0.1, 0.15) is 33.1 Å². The molecule has 0 heterocycles. The smallest absolute Gasteiger partial charge is 0.0956 e. The van der Waals surface area contributed by atoms with E-state index in [0.717, 1.165) is 30.7 Å². The van der Waals surface area contributed by atoms with Crippen molar-refractivity contribution in [3.63, 3.8) is 0 Å². The lowest BCUT2D eigenvalue weighted by atomic mass is 10.2. The number of nitrogens with two attached hydrogens (primary N) is 1. The van der Waals surface area contributed by atoms with E-state index in [1.165, 1.54) is 0 Å². The lowest BCUT2D eigenvalue weighted by molar-refractivity contribution is 0.276.